The van der Waals surface area contributed by atoms with Gasteiger partial charge in [0.25, 0.3) is 5.91 Å². The highest BCUT2D eigenvalue weighted by Crippen LogP contribution is 2.48. The molecule has 0 aromatic heterocycles. The fourth-order valence-corrected chi connectivity index (χ4v) is 3.09. The van der Waals surface area contributed by atoms with Gasteiger partial charge >= 0.3 is 0 Å². The van der Waals surface area contributed by atoms with Crippen molar-refractivity contribution in [2.24, 2.45) is 5.41 Å². The predicted octanol–water partition coefficient (Wildman–Crippen LogP) is 3.29. The Morgan fingerprint density at radius 3 is 2.78 bits per heavy atom. The normalized spacial score (nSPS) is 16.3. The van der Waals surface area contributed by atoms with Crippen LogP contribution in [0.5, 0.6) is 5.75 Å². The van der Waals surface area contributed by atoms with Crippen LogP contribution in [-0.2, 0) is 0 Å². The average molecular weight is 424 g/mol. The zero-order valence-electron chi connectivity index (χ0n) is 9.88. The van der Waals surface area contributed by atoms with Crippen molar-refractivity contribution in [1.82, 2.24) is 5.32 Å². The Morgan fingerprint density at radius 1 is 1.50 bits per heavy atom. The van der Waals surface area contributed by atoms with E-state index in [1.54, 1.807) is 12.1 Å². The van der Waals surface area contributed by atoms with E-state index >= 15 is 0 Å². The Hall–Kier alpha value is -0.300. The predicted molar refractivity (Wildman–Crippen MR) is 83.2 cm³/mol. The minimum Gasteiger partial charge on any atom is -0.507 e. The van der Waals surface area contributed by atoms with Crippen LogP contribution < -0.4 is 5.32 Å². The standard InChI is InChI=1S/C13H15BrINO2/c14-6-5-13(3-4-13)8-16-12(18)9-1-2-10(15)11(17)7-9/h1-2,7,17H,3-6,8H2,(H,16,18). The lowest BCUT2D eigenvalue weighted by Gasteiger charge is -2.14. The summed E-state index contributed by atoms with van der Waals surface area (Å²) >= 11 is 5.48. The molecule has 1 aromatic carbocycles. The number of aromatic hydroxyl groups is 1. The summed E-state index contributed by atoms with van der Waals surface area (Å²) in [5, 5.41) is 13.5. The third-order valence-electron chi connectivity index (χ3n) is 3.41. The fourth-order valence-electron chi connectivity index (χ4n) is 1.92. The van der Waals surface area contributed by atoms with Crippen LogP contribution in [0.15, 0.2) is 18.2 Å². The van der Waals surface area contributed by atoms with E-state index in [9.17, 15) is 9.90 Å². The van der Waals surface area contributed by atoms with Crippen molar-refractivity contribution in [3.8, 4) is 5.75 Å². The molecule has 1 aliphatic carbocycles. The Morgan fingerprint density at radius 2 is 2.22 bits per heavy atom. The minimum absolute atomic E-state index is 0.109. The van der Waals surface area contributed by atoms with Gasteiger partial charge in [0, 0.05) is 17.4 Å². The summed E-state index contributed by atoms with van der Waals surface area (Å²) in [7, 11) is 0. The maximum absolute atomic E-state index is 12.0. The van der Waals surface area contributed by atoms with Gasteiger partial charge in [-0.2, -0.15) is 0 Å². The van der Waals surface area contributed by atoms with E-state index in [1.165, 1.54) is 18.9 Å². The number of alkyl halides is 1. The number of amides is 1. The molecular formula is C13H15BrINO2. The van der Waals surface area contributed by atoms with Gasteiger partial charge < -0.3 is 10.4 Å². The molecule has 0 atom stereocenters. The van der Waals surface area contributed by atoms with E-state index in [2.05, 4.69) is 21.2 Å². The molecule has 0 unspecified atom stereocenters. The second-order valence-corrected chi connectivity index (χ2v) is 6.74. The second-order valence-electron chi connectivity index (χ2n) is 4.79. The number of carbonyl (C=O) groups is 1. The van der Waals surface area contributed by atoms with E-state index in [0.717, 1.165) is 21.9 Å². The zero-order valence-corrected chi connectivity index (χ0v) is 13.6. The number of phenolic OH excluding ortho intramolecular Hbond substituents is 1. The first-order valence-electron chi connectivity index (χ1n) is 5.89. The van der Waals surface area contributed by atoms with Gasteiger partial charge in [-0.1, -0.05) is 15.9 Å². The number of halogens is 2. The maximum Gasteiger partial charge on any atom is 0.251 e. The SMILES string of the molecule is O=C(NCC1(CCBr)CC1)c1ccc(I)c(O)c1. The molecule has 0 bridgehead atoms. The molecule has 1 aromatic rings. The van der Waals surface area contributed by atoms with Gasteiger partial charge in [-0.15, -0.1) is 0 Å². The molecule has 1 fully saturated rings. The number of hydrogen-bond donors (Lipinski definition) is 2. The molecule has 1 amide bonds. The summed E-state index contributed by atoms with van der Waals surface area (Å²) < 4.78 is 0.752. The van der Waals surface area contributed by atoms with Crippen molar-refractivity contribution in [1.29, 1.82) is 0 Å². The summed E-state index contributed by atoms with van der Waals surface area (Å²) in [5.74, 6) is 0.0485. The zero-order chi connectivity index (χ0) is 13.2. The van der Waals surface area contributed by atoms with E-state index < -0.39 is 0 Å². The quantitative estimate of drug-likeness (QED) is 0.564. The summed E-state index contributed by atoms with van der Waals surface area (Å²) in [5.41, 5.74) is 0.826. The van der Waals surface area contributed by atoms with Gasteiger partial charge in [0.2, 0.25) is 0 Å². The lowest BCUT2D eigenvalue weighted by molar-refractivity contribution is 0.0944. The summed E-state index contributed by atoms with van der Waals surface area (Å²) in [6.07, 6.45) is 3.48. The highest BCUT2D eigenvalue weighted by atomic mass is 127. The number of rotatable bonds is 5. The molecule has 3 nitrogen and oxygen atoms in total. The van der Waals surface area contributed by atoms with E-state index in [4.69, 9.17) is 0 Å². The number of hydrogen-bond acceptors (Lipinski definition) is 2. The van der Waals surface area contributed by atoms with Crippen LogP contribution in [0.2, 0.25) is 0 Å². The third-order valence-corrected chi connectivity index (χ3v) is 4.72. The summed E-state index contributed by atoms with van der Waals surface area (Å²) in [4.78, 5) is 12.0. The number of benzene rings is 1. The molecule has 5 heteroatoms. The molecule has 2 rings (SSSR count). The van der Waals surface area contributed by atoms with Gasteiger partial charge in [0.15, 0.2) is 0 Å². The Kier molecular flexibility index (Phi) is 4.53. The third kappa shape index (κ3) is 3.38. The topological polar surface area (TPSA) is 49.3 Å². The van der Waals surface area contributed by atoms with Gasteiger partial charge in [-0.3, -0.25) is 4.79 Å². The molecule has 0 heterocycles. The average Bonchev–Trinajstić information content (AvgIpc) is 3.11. The first-order valence-corrected chi connectivity index (χ1v) is 8.09. The molecule has 0 aliphatic heterocycles. The van der Waals surface area contributed by atoms with Gasteiger partial charge in [0.05, 0.1) is 3.57 Å². The maximum atomic E-state index is 12.0. The molecule has 98 valence electrons. The minimum atomic E-state index is -0.109. The monoisotopic (exact) mass is 423 g/mol. The molecular weight excluding hydrogens is 409 g/mol. The molecule has 1 saturated carbocycles. The van der Waals surface area contributed by atoms with Crippen LogP contribution in [-0.4, -0.2) is 22.9 Å². The van der Waals surface area contributed by atoms with E-state index in [-0.39, 0.29) is 11.7 Å². The fraction of sp³-hybridized carbons (Fsp3) is 0.462. The lowest BCUT2D eigenvalue weighted by Crippen LogP contribution is -2.30. The van der Waals surface area contributed by atoms with Crippen molar-refractivity contribution in [2.75, 3.05) is 11.9 Å². The van der Waals surface area contributed by atoms with Crippen molar-refractivity contribution >= 4 is 44.4 Å². The summed E-state index contributed by atoms with van der Waals surface area (Å²) in [6, 6.07) is 5.00. The van der Waals surface area contributed by atoms with Gasteiger partial charge in [0.1, 0.15) is 5.75 Å². The van der Waals surface area contributed by atoms with Crippen LogP contribution in [0.3, 0.4) is 0 Å². The largest absolute Gasteiger partial charge is 0.507 e. The number of carbonyl (C=O) groups excluding carboxylic acids is 1. The molecule has 1 aliphatic rings. The van der Waals surface area contributed by atoms with Crippen LogP contribution in [0.4, 0.5) is 0 Å². The second kappa shape index (κ2) is 5.77. The summed E-state index contributed by atoms with van der Waals surface area (Å²) in [6.45, 7) is 0.726. The Labute approximate surface area is 129 Å². The van der Waals surface area contributed by atoms with Crippen molar-refractivity contribution in [3.63, 3.8) is 0 Å². The van der Waals surface area contributed by atoms with Crippen molar-refractivity contribution in [2.45, 2.75) is 19.3 Å². The van der Waals surface area contributed by atoms with Crippen LogP contribution in [0, 0.1) is 8.99 Å². The highest BCUT2D eigenvalue weighted by Gasteiger charge is 2.41. The smallest absolute Gasteiger partial charge is 0.251 e. The van der Waals surface area contributed by atoms with Gasteiger partial charge in [-0.25, -0.2) is 0 Å². The van der Waals surface area contributed by atoms with Gasteiger partial charge in [-0.05, 0) is 65.5 Å². The van der Waals surface area contributed by atoms with Crippen molar-refractivity contribution < 1.29 is 9.90 Å². The first kappa shape index (κ1) is 14.1. The van der Waals surface area contributed by atoms with Crippen LogP contribution in [0.1, 0.15) is 29.6 Å². The first-order chi connectivity index (χ1) is 8.56. The molecule has 0 saturated heterocycles. The Balaban J connectivity index is 1.93. The van der Waals surface area contributed by atoms with Crippen LogP contribution in [0.25, 0.3) is 0 Å². The Bertz CT molecular complexity index is 460. The molecule has 0 radical (unpaired) electrons. The number of phenols is 1. The van der Waals surface area contributed by atoms with E-state index in [0.29, 0.717) is 11.0 Å². The number of nitrogens with one attached hydrogen (secondary N) is 1. The van der Waals surface area contributed by atoms with Crippen molar-refractivity contribution in [3.05, 3.63) is 27.3 Å². The molecule has 0 spiro atoms. The van der Waals surface area contributed by atoms with Crippen LogP contribution >= 0.6 is 38.5 Å². The molecule has 18 heavy (non-hydrogen) atoms. The highest BCUT2D eigenvalue weighted by molar-refractivity contribution is 14.1. The molecule has 2 N–H and O–H groups in total. The van der Waals surface area contributed by atoms with E-state index in [1.807, 2.05) is 22.6 Å². The lowest BCUT2D eigenvalue weighted by atomic mass is 10.0.